The molecule has 2 aromatic carbocycles. The molecule has 0 aliphatic carbocycles. The number of aryl methyl sites for hydroxylation is 2. The van der Waals surface area contributed by atoms with Crippen molar-refractivity contribution in [3.05, 3.63) is 63.6 Å². The lowest BCUT2D eigenvalue weighted by Crippen LogP contribution is -2.37. The Morgan fingerprint density at radius 3 is 2.75 bits per heavy atom. The summed E-state index contributed by atoms with van der Waals surface area (Å²) in [6.07, 6.45) is 2.31. The quantitative estimate of drug-likeness (QED) is 0.445. The topological polar surface area (TPSA) is 104 Å². The number of thiazole rings is 1. The monoisotopic (exact) mass is 448 g/mol. The van der Waals surface area contributed by atoms with Crippen molar-refractivity contribution in [2.75, 3.05) is 5.32 Å². The lowest BCUT2D eigenvalue weighted by molar-refractivity contribution is -0.116. The second kappa shape index (κ2) is 7.72. The summed E-state index contributed by atoms with van der Waals surface area (Å²) in [6, 6.07) is 12.1. The Balaban J connectivity index is 1.29. The van der Waals surface area contributed by atoms with E-state index in [2.05, 4.69) is 21.4 Å². The standard InChI is InChI=1S/C22H20N6O3S/c1-26-19-18(20(30)27(2)22(26)31)28(12-23-19)11-5-8-16(29)24-21-25-17-14-7-4-3-6-13(14)9-10-15(17)32-21/h3-4,6-7,9-10,12H,5,8,11H2,1-2H3,(H,24,25,29). The molecule has 0 fully saturated rings. The third-order valence-electron chi connectivity index (χ3n) is 5.55. The third-order valence-corrected chi connectivity index (χ3v) is 6.49. The van der Waals surface area contributed by atoms with Crippen molar-refractivity contribution in [3.63, 3.8) is 0 Å². The number of hydrogen-bond donors (Lipinski definition) is 1. The smallest absolute Gasteiger partial charge is 0.325 e. The maximum absolute atomic E-state index is 12.5. The molecule has 3 aromatic heterocycles. The van der Waals surface area contributed by atoms with E-state index in [4.69, 9.17) is 0 Å². The zero-order valence-corrected chi connectivity index (χ0v) is 18.3. The van der Waals surface area contributed by atoms with Gasteiger partial charge >= 0.3 is 5.69 Å². The molecule has 5 aromatic rings. The fraction of sp³-hybridized carbons (Fsp3) is 0.227. The highest BCUT2D eigenvalue weighted by atomic mass is 32.1. The average Bonchev–Trinajstić information content (AvgIpc) is 3.40. The third kappa shape index (κ3) is 3.28. The molecule has 1 amide bonds. The lowest BCUT2D eigenvalue weighted by atomic mass is 10.1. The van der Waals surface area contributed by atoms with Crippen molar-refractivity contribution in [2.24, 2.45) is 14.1 Å². The van der Waals surface area contributed by atoms with Crippen LogP contribution in [0.2, 0.25) is 0 Å². The van der Waals surface area contributed by atoms with Crippen LogP contribution >= 0.6 is 11.3 Å². The number of fused-ring (bicyclic) bond motifs is 4. The fourth-order valence-corrected chi connectivity index (χ4v) is 4.77. The molecule has 1 N–H and O–H groups in total. The second-order valence-electron chi connectivity index (χ2n) is 7.62. The first kappa shape index (κ1) is 20.1. The van der Waals surface area contributed by atoms with Gasteiger partial charge < -0.3 is 9.88 Å². The van der Waals surface area contributed by atoms with Gasteiger partial charge in [0.2, 0.25) is 5.91 Å². The van der Waals surface area contributed by atoms with Crippen molar-refractivity contribution in [1.82, 2.24) is 23.7 Å². The first-order valence-corrected chi connectivity index (χ1v) is 10.9. The summed E-state index contributed by atoms with van der Waals surface area (Å²) >= 11 is 1.45. The molecule has 0 aliphatic heterocycles. The molecule has 0 atom stereocenters. The van der Waals surface area contributed by atoms with Crippen LogP contribution in [0, 0.1) is 0 Å². The van der Waals surface area contributed by atoms with Crippen LogP contribution in [0.1, 0.15) is 12.8 Å². The molecule has 9 nitrogen and oxygen atoms in total. The molecule has 0 spiro atoms. The minimum Gasteiger partial charge on any atom is -0.325 e. The number of nitrogens with one attached hydrogen (secondary N) is 1. The molecule has 3 heterocycles. The summed E-state index contributed by atoms with van der Waals surface area (Å²) in [5.41, 5.74) is 0.759. The normalized spacial score (nSPS) is 11.6. The van der Waals surface area contributed by atoms with Crippen LogP contribution in [0.5, 0.6) is 0 Å². The molecule has 0 saturated heterocycles. The maximum Gasteiger partial charge on any atom is 0.332 e. The first-order chi connectivity index (χ1) is 15.4. The molecule has 5 rings (SSSR count). The number of hydrogen-bond acceptors (Lipinski definition) is 6. The van der Waals surface area contributed by atoms with E-state index in [1.54, 1.807) is 11.6 Å². The second-order valence-corrected chi connectivity index (χ2v) is 8.65. The molecule has 0 radical (unpaired) electrons. The minimum atomic E-state index is -0.421. The SMILES string of the molecule is Cn1c(=O)c2c(ncn2CCCC(=O)Nc2nc3c(ccc4ccccc43)s2)n(C)c1=O. The van der Waals surface area contributed by atoms with E-state index in [-0.39, 0.29) is 12.3 Å². The van der Waals surface area contributed by atoms with Crippen LogP contribution in [-0.4, -0.2) is 29.6 Å². The molecule has 10 heteroatoms. The summed E-state index contributed by atoms with van der Waals surface area (Å²) in [5.74, 6) is -0.141. The molecular formula is C22H20N6O3S. The lowest BCUT2D eigenvalue weighted by Gasteiger charge is -2.06. The zero-order chi connectivity index (χ0) is 22.4. The van der Waals surface area contributed by atoms with Gasteiger partial charge in [-0.2, -0.15) is 0 Å². The molecule has 162 valence electrons. The van der Waals surface area contributed by atoms with Gasteiger partial charge in [0.05, 0.1) is 16.5 Å². The molecule has 32 heavy (non-hydrogen) atoms. The zero-order valence-electron chi connectivity index (χ0n) is 17.5. The van der Waals surface area contributed by atoms with E-state index in [0.29, 0.717) is 29.3 Å². The first-order valence-electron chi connectivity index (χ1n) is 10.1. The van der Waals surface area contributed by atoms with Gasteiger partial charge in [0.1, 0.15) is 0 Å². The Morgan fingerprint density at radius 2 is 1.91 bits per heavy atom. The summed E-state index contributed by atoms with van der Waals surface area (Å²) in [5, 5.41) is 5.62. The van der Waals surface area contributed by atoms with Gasteiger partial charge in [-0.05, 0) is 17.9 Å². The summed E-state index contributed by atoms with van der Waals surface area (Å²) in [7, 11) is 3.02. The van der Waals surface area contributed by atoms with Crippen molar-refractivity contribution in [1.29, 1.82) is 0 Å². The van der Waals surface area contributed by atoms with Crippen LogP contribution in [0.4, 0.5) is 5.13 Å². The highest BCUT2D eigenvalue weighted by Crippen LogP contribution is 2.31. The number of nitrogens with zero attached hydrogens (tertiary/aromatic N) is 5. The summed E-state index contributed by atoms with van der Waals surface area (Å²) in [4.78, 5) is 45.8. The van der Waals surface area contributed by atoms with E-state index in [0.717, 1.165) is 25.6 Å². The number of amides is 1. The maximum atomic E-state index is 12.5. The largest absolute Gasteiger partial charge is 0.332 e. The number of anilines is 1. The van der Waals surface area contributed by atoms with Crippen molar-refractivity contribution in [2.45, 2.75) is 19.4 Å². The van der Waals surface area contributed by atoms with Gasteiger partial charge in [-0.25, -0.2) is 14.8 Å². The number of rotatable bonds is 5. The van der Waals surface area contributed by atoms with E-state index in [1.807, 2.05) is 30.3 Å². The van der Waals surface area contributed by atoms with Crippen LogP contribution in [-0.2, 0) is 25.4 Å². The van der Waals surface area contributed by atoms with Crippen LogP contribution in [0.25, 0.3) is 32.2 Å². The number of aromatic nitrogens is 5. The Kier molecular flexibility index (Phi) is 4.86. The van der Waals surface area contributed by atoms with E-state index >= 15 is 0 Å². The Hall–Kier alpha value is -3.79. The number of carbonyl (C=O) groups is 1. The van der Waals surface area contributed by atoms with Gasteiger partial charge in [-0.3, -0.25) is 18.7 Å². The molecule has 0 bridgehead atoms. The van der Waals surface area contributed by atoms with Gasteiger partial charge in [0.25, 0.3) is 5.56 Å². The van der Waals surface area contributed by atoms with Gasteiger partial charge in [0.15, 0.2) is 16.3 Å². The number of carbonyl (C=O) groups excluding carboxylic acids is 1. The fourth-order valence-electron chi connectivity index (χ4n) is 3.87. The Morgan fingerprint density at radius 1 is 1.09 bits per heavy atom. The number of imidazole rings is 1. The van der Waals surface area contributed by atoms with E-state index in [9.17, 15) is 14.4 Å². The summed E-state index contributed by atoms with van der Waals surface area (Å²) in [6.45, 7) is 0.432. The van der Waals surface area contributed by atoms with Crippen LogP contribution < -0.4 is 16.6 Å². The van der Waals surface area contributed by atoms with Crippen molar-refractivity contribution >= 4 is 54.5 Å². The molecule has 0 aliphatic rings. The highest BCUT2D eigenvalue weighted by Gasteiger charge is 2.15. The van der Waals surface area contributed by atoms with Gasteiger partial charge in [-0.1, -0.05) is 41.7 Å². The molecular weight excluding hydrogens is 428 g/mol. The minimum absolute atomic E-state index is 0.141. The average molecular weight is 449 g/mol. The predicted octanol–water partition coefficient (Wildman–Crippen LogP) is 2.62. The van der Waals surface area contributed by atoms with E-state index in [1.165, 1.54) is 29.3 Å². The number of benzene rings is 2. The Bertz CT molecular complexity index is 1620. The van der Waals surface area contributed by atoms with Gasteiger partial charge in [0, 0.05) is 32.4 Å². The Labute approximate surface area is 185 Å². The highest BCUT2D eigenvalue weighted by molar-refractivity contribution is 7.22. The summed E-state index contributed by atoms with van der Waals surface area (Å²) < 4.78 is 5.11. The van der Waals surface area contributed by atoms with Crippen molar-refractivity contribution in [3.8, 4) is 0 Å². The van der Waals surface area contributed by atoms with Gasteiger partial charge in [-0.15, -0.1) is 0 Å². The van der Waals surface area contributed by atoms with Crippen LogP contribution in [0.3, 0.4) is 0 Å². The van der Waals surface area contributed by atoms with Crippen LogP contribution in [0.15, 0.2) is 52.3 Å². The molecule has 0 saturated carbocycles. The predicted molar refractivity (Wildman–Crippen MR) is 125 cm³/mol. The molecule has 0 unspecified atom stereocenters. The van der Waals surface area contributed by atoms with Crippen molar-refractivity contribution < 1.29 is 4.79 Å². The van der Waals surface area contributed by atoms with E-state index < -0.39 is 11.2 Å².